The first kappa shape index (κ1) is 13.4. The number of carbonyl (C=O) groups excluding carboxylic acids is 1. The molecule has 0 aliphatic rings. The van der Waals surface area contributed by atoms with Crippen molar-refractivity contribution >= 4 is 28.1 Å². The standard InChI is InChI=1S/C14H12BrN3O/c15-13-6-4-12(5-7-13)10-16-17-14(19)11-18-8-2-1-3-9-18/h1-10H,11H2/p+1/b16-10+. The summed E-state index contributed by atoms with van der Waals surface area (Å²) in [6.45, 7) is 0.249. The zero-order valence-electron chi connectivity index (χ0n) is 10.2. The fraction of sp³-hybridized carbons (Fsp3) is 0.0714. The van der Waals surface area contributed by atoms with Gasteiger partial charge in [-0.3, -0.25) is 4.79 Å². The second-order valence-electron chi connectivity index (χ2n) is 3.89. The highest BCUT2D eigenvalue weighted by atomic mass is 79.9. The first-order valence-corrected chi connectivity index (χ1v) is 6.55. The SMILES string of the molecule is O=C(C[n+]1ccccc1)N/N=C/c1ccc(Br)cc1. The average Bonchev–Trinajstić information content (AvgIpc) is 2.42. The molecule has 0 atom stereocenters. The lowest BCUT2D eigenvalue weighted by Gasteiger charge is -1.96. The largest absolute Gasteiger partial charge is 0.305 e. The smallest absolute Gasteiger partial charge is 0.266 e. The van der Waals surface area contributed by atoms with Crippen LogP contribution in [0.5, 0.6) is 0 Å². The van der Waals surface area contributed by atoms with Gasteiger partial charge < -0.3 is 0 Å². The van der Waals surface area contributed by atoms with Gasteiger partial charge >= 0.3 is 5.91 Å². The molecule has 1 aromatic heterocycles. The Morgan fingerprint density at radius 3 is 2.58 bits per heavy atom. The molecule has 0 unspecified atom stereocenters. The fourth-order valence-corrected chi connectivity index (χ4v) is 1.73. The van der Waals surface area contributed by atoms with E-state index < -0.39 is 0 Å². The third-order valence-corrected chi connectivity index (χ3v) is 2.91. The highest BCUT2D eigenvalue weighted by molar-refractivity contribution is 9.10. The number of pyridine rings is 1. The Morgan fingerprint density at radius 2 is 1.89 bits per heavy atom. The van der Waals surface area contributed by atoms with Crippen LogP contribution in [0.25, 0.3) is 0 Å². The van der Waals surface area contributed by atoms with E-state index in [9.17, 15) is 4.79 Å². The summed E-state index contributed by atoms with van der Waals surface area (Å²) in [7, 11) is 0. The topological polar surface area (TPSA) is 45.3 Å². The molecule has 5 heteroatoms. The quantitative estimate of drug-likeness (QED) is 0.522. The van der Waals surface area contributed by atoms with E-state index in [0.29, 0.717) is 0 Å². The maximum atomic E-state index is 11.6. The van der Waals surface area contributed by atoms with Gasteiger partial charge in [-0.05, 0) is 17.7 Å². The highest BCUT2D eigenvalue weighted by Gasteiger charge is 2.06. The lowest BCUT2D eigenvalue weighted by molar-refractivity contribution is -0.684. The number of hydrogen-bond acceptors (Lipinski definition) is 2. The minimum atomic E-state index is -0.162. The number of carbonyl (C=O) groups is 1. The summed E-state index contributed by atoms with van der Waals surface area (Å²) in [6, 6.07) is 13.3. The van der Waals surface area contributed by atoms with Gasteiger partial charge in [0.15, 0.2) is 12.4 Å². The minimum Gasteiger partial charge on any atom is -0.266 e. The van der Waals surface area contributed by atoms with Gasteiger partial charge in [0.05, 0.1) is 6.21 Å². The first-order valence-electron chi connectivity index (χ1n) is 5.75. The second kappa shape index (κ2) is 6.80. The van der Waals surface area contributed by atoms with Crippen LogP contribution < -0.4 is 9.99 Å². The van der Waals surface area contributed by atoms with Gasteiger partial charge in [-0.1, -0.05) is 34.1 Å². The molecule has 0 spiro atoms. The summed E-state index contributed by atoms with van der Waals surface area (Å²) in [6.07, 6.45) is 5.27. The van der Waals surface area contributed by atoms with E-state index in [-0.39, 0.29) is 12.5 Å². The zero-order chi connectivity index (χ0) is 13.5. The van der Waals surface area contributed by atoms with Crippen molar-refractivity contribution in [3.05, 3.63) is 64.9 Å². The van der Waals surface area contributed by atoms with Crippen molar-refractivity contribution in [3.8, 4) is 0 Å². The molecule has 2 aromatic rings. The summed E-state index contributed by atoms with van der Waals surface area (Å²) in [5.41, 5.74) is 3.42. The third kappa shape index (κ3) is 4.63. The molecule has 0 saturated heterocycles. The molecule has 1 N–H and O–H groups in total. The van der Waals surface area contributed by atoms with E-state index in [2.05, 4.69) is 26.5 Å². The molecule has 0 aliphatic heterocycles. The molecule has 2 rings (SSSR count). The third-order valence-electron chi connectivity index (χ3n) is 2.38. The van der Waals surface area contributed by atoms with E-state index in [1.54, 1.807) is 10.8 Å². The van der Waals surface area contributed by atoms with Gasteiger partial charge in [0.2, 0.25) is 6.54 Å². The lowest BCUT2D eigenvalue weighted by atomic mass is 10.2. The number of halogens is 1. The molecular formula is C14H13BrN3O+. The van der Waals surface area contributed by atoms with Crippen LogP contribution in [0.1, 0.15) is 5.56 Å². The molecule has 0 aliphatic carbocycles. The van der Waals surface area contributed by atoms with Crippen molar-refractivity contribution in [2.75, 3.05) is 0 Å². The van der Waals surface area contributed by atoms with Gasteiger partial charge in [-0.25, -0.2) is 5.43 Å². The first-order chi connectivity index (χ1) is 9.24. The number of benzene rings is 1. The normalized spacial score (nSPS) is 10.6. The van der Waals surface area contributed by atoms with Gasteiger partial charge in [0.1, 0.15) is 0 Å². The van der Waals surface area contributed by atoms with Crippen LogP contribution in [-0.2, 0) is 11.3 Å². The van der Waals surface area contributed by atoms with E-state index in [1.807, 2.05) is 54.9 Å². The number of rotatable bonds is 4. The van der Waals surface area contributed by atoms with Gasteiger partial charge in [0, 0.05) is 16.6 Å². The number of amides is 1. The van der Waals surface area contributed by atoms with Crippen molar-refractivity contribution in [3.63, 3.8) is 0 Å². The molecule has 96 valence electrons. The number of aromatic nitrogens is 1. The maximum Gasteiger partial charge on any atom is 0.305 e. The number of nitrogens with one attached hydrogen (secondary N) is 1. The molecule has 0 radical (unpaired) electrons. The van der Waals surface area contributed by atoms with E-state index in [4.69, 9.17) is 0 Å². The summed E-state index contributed by atoms with van der Waals surface area (Å²) in [4.78, 5) is 11.6. The Labute approximate surface area is 119 Å². The summed E-state index contributed by atoms with van der Waals surface area (Å²) in [5, 5.41) is 3.91. The van der Waals surface area contributed by atoms with Crippen molar-refractivity contribution < 1.29 is 9.36 Å². The average molecular weight is 319 g/mol. The van der Waals surface area contributed by atoms with Gasteiger partial charge in [-0.2, -0.15) is 9.67 Å². The molecule has 4 nitrogen and oxygen atoms in total. The molecule has 0 fully saturated rings. The predicted molar refractivity (Wildman–Crippen MR) is 76.5 cm³/mol. The Kier molecular flexibility index (Phi) is 4.80. The number of hydrazone groups is 1. The van der Waals surface area contributed by atoms with Crippen LogP contribution >= 0.6 is 15.9 Å². The van der Waals surface area contributed by atoms with Gasteiger partial charge in [0.25, 0.3) is 0 Å². The van der Waals surface area contributed by atoms with Crippen LogP contribution in [0.4, 0.5) is 0 Å². The molecule has 0 saturated carbocycles. The summed E-state index contributed by atoms with van der Waals surface area (Å²) < 4.78 is 2.79. The Morgan fingerprint density at radius 1 is 1.21 bits per heavy atom. The van der Waals surface area contributed by atoms with Crippen LogP contribution in [0, 0.1) is 0 Å². The van der Waals surface area contributed by atoms with E-state index >= 15 is 0 Å². The predicted octanol–water partition coefficient (Wildman–Crippen LogP) is 1.89. The molecular weight excluding hydrogens is 306 g/mol. The van der Waals surface area contributed by atoms with Crippen molar-refractivity contribution in [2.24, 2.45) is 5.10 Å². The Hall–Kier alpha value is -2.01. The van der Waals surface area contributed by atoms with E-state index in [0.717, 1.165) is 10.0 Å². The van der Waals surface area contributed by atoms with Crippen LogP contribution in [0.2, 0.25) is 0 Å². The molecule has 1 aromatic carbocycles. The Balaban J connectivity index is 1.85. The molecule has 1 amide bonds. The molecule has 1 heterocycles. The van der Waals surface area contributed by atoms with Gasteiger partial charge in [-0.15, -0.1) is 0 Å². The summed E-state index contributed by atoms with van der Waals surface area (Å²) >= 11 is 3.36. The summed E-state index contributed by atoms with van der Waals surface area (Å²) in [5.74, 6) is -0.162. The fourth-order valence-electron chi connectivity index (χ4n) is 1.47. The minimum absolute atomic E-state index is 0.162. The maximum absolute atomic E-state index is 11.6. The van der Waals surface area contributed by atoms with Crippen LogP contribution in [0.3, 0.4) is 0 Å². The zero-order valence-corrected chi connectivity index (χ0v) is 11.7. The second-order valence-corrected chi connectivity index (χ2v) is 4.81. The van der Waals surface area contributed by atoms with Crippen molar-refractivity contribution in [1.82, 2.24) is 5.43 Å². The highest BCUT2D eigenvalue weighted by Crippen LogP contribution is 2.08. The van der Waals surface area contributed by atoms with Crippen molar-refractivity contribution in [1.29, 1.82) is 0 Å². The monoisotopic (exact) mass is 318 g/mol. The van der Waals surface area contributed by atoms with E-state index in [1.165, 1.54) is 0 Å². The van der Waals surface area contributed by atoms with Crippen LogP contribution in [0.15, 0.2) is 64.4 Å². The molecule has 19 heavy (non-hydrogen) atoms. The van der Waals surface area contributed by atoms with Crippen LogP contribution in [-0.4, -0.2) is 12.1 Å². The number of nitrogens with zero attached hydrogens (tertiary/aromatic N) is 2. The lowest BCUT2D eigenvalue weighted by Crippen LogP contribution is -2.40. The molecule has 0 bridgehead atoms. The Bertz CT molecular complexity index is 567. The van der Waals surface area contributed by atoms with Crippen molar-refractivity contribution in [2.45, 2.75) is 6.54 Å². The number of hydrogen-bond donors (Lipinski definition) is 1.